The first-order valence-corrected chi connectivity index (χ1v) is 4.84. The molecule has 0 fully saturated rings. The lowest BCUT2D eigenvalue weighted by molar-refractivity contribution is -0.115. The first-order valence-electron chi connectivity index (χ1n) is 4.84. The minimum absolute atomic E-state index is 0.0247. The number of carbonyl (C=O) groups excluding carboxylic acids is 1. The molecular formula is C13H10O2. The van der Waals surface area contributed by atoms with E-state index in [-0.39, 0.29) is 11.7 Å². The zero-order valence-electron chi connectivity index (χ0n) is 8.16. The monoisotopic (exact) mass is 198 g/mol. The van der Waals surface area contributed by atoms with Gasteiger partial charge in [0.05, 0.1) is 0 Å². The van der Waals surface area contributed by atoms with Gasteiger partial charge in [-0.2, -0.15) is 0 Å². The fourth-order valence-electron chi connectivity index (χ4n) is 1.69. The van der Waals surface area contributed by atoms with Crippen LogP contribution in [0.4, 0.5) is 0 Å². The van der Waals surface area contributed by atoms with Crippen molar-refractivity contribution >= 4 is 5.78 Å². The Morgan fingerprint density at radius 3 is 2.73 bits per heavy atom. The number of fused-ring (bicyclic) bond motifs is 2. The van der Waals surface area contributed by atoms with Gasteiger partial charge in [-0.1, -0.05) is 23.7 Å². The summed E-state index contributed by atoms with van der Waals surface area (Å²) in [5.74, 6) is 11.2. The highest BCUT2D eigenvalue weighted by molar-refractivity contribution is 5.92. The molecule has 0 heterocycles. The van der Waals surface area contributed by atoms with Crippen LogP contribution in [-0.2, 0) is 4.79 Å². The largest absolute Gasteiger partial charge is 0.376 e. The molecule has 15 heavy (non-hydrogen) atoms. The average molecular weight is 198 g/mol. The normalized spacial score (nSPS) is 30.2. The predicted octanol–water partition coefficient (Wildman–Crippen LogP) is 0.829. The molecule has 0 radical (unpaired) electrons. The number of ketones is 1. The van der Waals surface area contributed by atoms with Crippen molar-refractivity contribution in [2.75, 3.05) is 0 Å². The van der Waals surface area contributed by atoms with Crippen molar-refractivity contribution in [3.8, 4) is 23.7 Å². The molecule has 0 aromatic carbocycles. The molecule has 2 bridgehead atoms. The first kappa shape index (κ1) is 9.77. The van der Waals surface area contributed by atoms with Gasteiger partial charge in [0.25, 0.3) is 0 Å². The van der Waals surface area contributed by atoms with Crippen LogP contribution in [0, 0.1) is 29.6 Å². The molecule has 2 aliphatic carbocycles. The molecule has 2 rings (SSSR count). The second kappa shape index (κ2) is 4.17. The highest BCUT2D eigenvalue weighted by Gasteiger charge is 2.22. The number of carbonyl (C=O) groups is 1. The van der Waals surface area contributed by atoms with Gasteiger partial charge in [-0.05, 0) is 30.2 Å². The molecule has 0 aromatic heterocycles. The summed E-state index contributed by atoms with van der Waals surface area (Å²) in [7, 11) is 0. The second-order valence-electron chi connectivity index (χ2n) is 3.60. The van der Waals surface area contributed by atoms with E-state index < -0.39 is 6.10 Å². The zero-order valence-corrected chi connectivity index (χ0v) is 8.16. The minimum atomic E-state index is -0.832. The van der Waals surface area contributed by atoms with Gasteiger partial charge in [0.2, 0.25) is 0 Å². The molecule has 0 aromatic rings. The van der Waals surface area contributed by atoms with Crippen LogP contribution in [0.3, 0.4) is 0 Å². The summed E-state index contributed by atoms with van der Waals surface area (Å²) in [4.78, 5) is 11.4. The SMILES string of the molecule is O=C1C=C2CC(C#C/C=C/C#CC2O)C1. The van der Waals surface area contributed by atoms with E-state index in [9.17, 15) is 9.90 Å². The Kier molecular flexibility index (Phi) is 2.72. The van der Waals surface area contributed by atoms with Gasteiger partial charge in [-0.3, -0.25) is 4.79 Å². The van der Waals surface area contributed by atoms with Crippen LogP contribution in [0.15, 0.2) is 23.8 Å². The zero-order chi connectivity index (χ0) is 10.7. The van der Waals surface area contributed by atoms with Crippen molar-refractivity contribution in [3.05, 3.63) is 23.8 Å². The number of aliphatic hydroxyl groups excluding tert-OH is 1. The highest BCUT2D eigenvalue weighted by atomic mass is 16.3. The standard InChI is InChI=1S/C13H10O2/c14-12-8-10-5-3-1-2-4-6-13(15)11(7-10)9-12/h1-2,9-10,13,15H,7-8H2/b2-1+. The molecule has 0 spiro atoms. The van der Waals surface area contributed by atoms with E-state index in [2.05, 4.69) is 23.7 Å². The lowest BCUT2D eigenvalue weighted by Gasteiger charge is -2.19. The van der Waals surface area contributed by atoms with Crippen molar-refractivity contribution in [1.82, 2.24) is 0 Å². The average Bonchev–Trinajstić information content (AvgIpc) is 2.21. The van der Waals surface area contributed by atoms with E-state index in [4.69, 9.17) is 0 Å². The van der Waals surface area contributed by atoms with Crippen LogP contribution < -0.4 is 0 Å². The summed E-state index contributed by atoms with van der Waals surface area (Å²) in [5.41, 5.74) is 0.688. The minimum Gasteiger partial charge on any atom is -0.376 e. The van der Waals surface area contributed by atoms with Crippen molar-refractivity contribution in [1.29, 1.82) is 0 Å². The van der Waals surface area contributed by atoms with E-state index in [0.29, 0.717) is 18.4 Å². The quantitative estimate of drug-likeness (QED) is 0.585. The number of hydrogen-bond acceptors (Lipinski definition) is 2. The Morgan fingerprint density at radius 1 is 1.20 bits per heavy atom. The summed E-state index contributed by atoms with van der Waals surface area (Å²) in [5, 5.41) is 9.68. The van der Waals surface area contributed by atoms with Crippen molar-refractivity contribution < 1.29 is 9.90 Å². The molecule has 74 valence electrons. The molecule has 0 saturated carbocycles. The van der Waals surface area contributed by atoms with E-state index in [1.165, 1.54) is 6.08 Å². The fraction of sp³-hybridized carbons (Fsp3) is 0.308. The van der Waals surface area contributed by atoms with Crippen LogP contribution in [0.2, 0.25) is 0 Å². The van der Waals surface area contributed by atoms with E-state index in [0.717, 1.165) is 0 Å². The van der Waals surface area contributed by atoms with Gasteiger partial charge in [0.15, 0.2) is 5.78 Å². The predicted molar refractivity (Wildman–Crippen MR) is 56.5 cm³/mol. The van der Waals surface area contributed by atoms with Crippen LogP contribution in [0.25, 0.3) is 0 Å². The molecule has 2 atom stereocenters. The van der Waals surface area contributed by atoms with Crippen LogP contribution >= 0.6 is 0 Å². The summed E-state index contributed by atoms with van der Waals surface area (Å²) in [6.45, 7) is 0. The van der Waals surface area contributed by atoms with Crippen molar-refractivity contribution in [3.63, 3.8) is 0 Å². The molecule has 0 saturated heterocycles. The van der Waals surface area contributed by atoms with E-state index >= 15 is 0 Å². The second-order valence-corrected chi connectivity index (χ2v) is 3.60. The molecule has 0 aliphatic heterocycles. The molecule has 2 aliphatic rings. The third-order valence-electron chi connectivity index (χ3n) is 2.38. The highest BCUT2D eigenvalue weighted by Crippen LogP contribution is 2.23. The number of aliphatic hydroxyl groups is 1. The Hall–Kier alpha value is -1.77. The maximum atomic E-state index is 11.4. The Labute approximate surface area is 88.7 Å². The topological polar surface area (TPSA) is 37.3 Å². The molecule has 2 unspecified atom stereocenters. The molecule has 1 N–H and O–H groups in total. The third kappa shape index (κ3) is 2.37. The molecule has 2 heteroatoms. The molecule has 2 nitrogen and oxygen atoms in total. The van der Waals surface area contributed by atoms with Crippen LogP contribution in [0.1, 0.15) is 12.8 Å². The lowest BCUT2D eigenvalue weighted by Crippen LogP contribution is -2.19. The smallest absolute Gasteiger partial charge is 0.157 e. The van der Waals surface area contributed by atoms with Gasteiger partial charge < -0.3 is 5.11 Å². The van der Waals surface area contributed by atoms with Crippen LogP contribution in [0.5, 0.6) is 0 Å². The van der Waals surface area contributed by atoms with E-state index in [1.54, 1.807) is 12.2 Å². The van der Waals surface area contributed by atoms with E-state index in [1.807, 2.05) is 0 Å². The summed E-state index contributed by atoms with van der Waals surface area (Å²) >= 11 is 0. The number of rotatable bonds is 0. The van der Waals surface area contributed by atoms with Gasteiger partial charge in [-0.25, -0.2) is 0 Å². The Balaban J connectivity index is 2.38. The van der Waals surface area contributed by atoms with Crippen LogP contribution in [-0.4, -0.2) is 17.0 Å². The summed E-state index contributed by atoms with van der Waals surface area (Å²) in [6.07, 6.45) is 5.02. The summed E-state index contributed by atoms with van der Waals surface area (Å²) < 4.78 is 0. The van der Waals surface area contributed by atoms with Gasteiger partial charge in [0, 0.05) is 12.3 Å². The van der Waals surface area contributed by atoms with Crippen molar-refractivity contribution in [2.24, 2.45) is 5.92 Å². The fourth-order valence-corrected chi connectivity index (χ4v) is 1.69. The Morgan fingerprint density at radius 2 is 1.93 bits per heavy atom. The lowest BCUT2D eigenvalue weighted by atomic mass is 9.86. The van der Waals surface area contributed by atoms with Gasteiger partial charge in [-0.15, -0.1) is 0 Å². The number of allylic oxidation sites excluding steroid dienone is 3. The first-order chi connectivity index (χ1) is 7.25. The number of hydrogen-bond donors (Lipinski definition) is 1. The maximum Gasteiger partial charge on any atom is 0.157 e. The molecular weight excluding hydrogens is 188 g/mol. The van der Waals surface area contributed by atoms with Gasteiger partial charge in [0.1, 0.15) is 6.10 Å². The Bertz CT molecular complexity index is 460. The maximum absolute atomic E-state index is 11.4. The molecule has 0 amide bonds. The van der Waals surface area contributed by atoms with Crippen molar-refractivity contribution in [2.45, 2.75) is 18.9 Å². The third-order valence-corrected chi connectivity index (χ3v) is 2.38. The summed E-state index contributed by atoms with van der Waals surface area (Å²) in [6, 6.07) is 0. The van der Waals surface area contributed by atoms with Gasteiger partial charge >= 0.3 is 0 Å².